The zero-order valence-electron chi connectivity index (χ0n) is 13.2. The van der Waals surface area contributed by atoms with Crippen LogP contribution in [0.5, 0.6) is 0 Å². The topological polar surface area (TPSA) is 86.3 Å². The van der Waals surface area contributed by atoms with Crippen LogP contribution in [0.2, 0.25) is 0 Å². The molecule has 0 N–H and O–H groups in total. The maximum atomic E-state index is 10.9. The Kier molecular flexibility index (Phi) is 4.24. The Balaban J connectivity index is 1.70. The molecule has 0 saturated carbocycles. The van der Waals surface area contributed by atoms with E-state index in [2.05, 4.69) is 15.0 Å². The summed E-state index contributed by atoms with van der Waals surface area (Å²) in [5.74, 6) is 0.748. The van der Waals surface area contributed by atoms with Crippen molar-refractivity contribution in [1.29, 1.82) is 0 Å². The number of morpholine rings is 1. The highest BCUT2D eigenvalue weighted by Crippen LogP contribution is 2.23. The number of hydrogen-bond acceptors (Lipinski definition) is 6. The molecule has 0 aliphatic carbocycles. The van der Waals surface area contributed by atoms with E-state index in [1.807, 2.05) is 24.0 Å². The zero-order valence-corrected chi connectivity index (χ0v) is 13.2. The Bertz CT molecular complexity index is 715. The average molecular weight is 317 g/mol. The second kappa shape index (κ2) is 6.33. The maximum absolute atomic E-state index is 10.9. The second-order valence-corrected chi connectivity index (χ2v) is 5.76. The van der Waals surface area contributed by atoms with Gasteiger partial charge < -0.3 is 9.64 Å². The predicted molar refractivity (Wildman–Crippen MR) is 84.5 cm³/mol. The normalized spacial score (nSPS) is 18.2. The minimum atomic E-state index is -0.408. The van der Waals surface area contributed by atoms with Crippen molar-refractivity contribution in [3.05, 3.63) is 45.9 Å². The number of aromatic nitrogens is 3. The minimum Gasteiger partial charge on any atom is -0.373 e. The largest absolute Gasteiger partial charge is 0.373 e. The van der Waals surface area contributed by atoms with Crippen molar-refractivity contribution in [3.8, 4) is 0 Å². The molecule has 1 fully saturated rings. The van der Waals surface area contributed by atoms with Crippen molar-refractivity contribution in [3.63, 3.8) is 0 Å². The average Bonchev–Trinajstić information content (AvgIpc) is 2.92. The van der Waals surface area contributed by atoms with Gasteiger partial charge in [0.25, 0.3) is 5.69 Å². The molecule has 0 aromatic carbocycles. The summed E-state index contributed by atoms with van der Waals surface area (Å²) in [5.41, 5.74) is 1.78. The molecule has 0 spiro atoms. The molecule has 1 saturated heterocycles. The molecule has 1 atom stereocenters. The van der Waals surface area contributed by atoms with Gasteiger partial charge in [-0.1, -0.05) is 0 Å². The minimum absolute atomic E-state index is 0.0142. The second-order valence-electron chi connectivity index (χ2n) is 5.76. The van der Waals surface area contributed by atoms with Crippen molar-refractivity contribution >= 4 is 11.5 Å². The summed E-state index contributed by atoms with van der Waals surface area (Å²) < 4.78 is 7.67. The Morgan fingerprint density at radius 2 is 2.26 bits per heavy atom. The van der Waals surface area contributed by atoms with Gasteiger partial charge in [-0.15, -0.1) is 0 Å². The van der Waals surface area contributed by atoms with Gasteiger partial charge in [-0.05, 0) is 25.5 Å². The number of nitrogens with zero attached hydrogens (tertiary/aromatic N) is 5. The molecule has 0 amide bonds. The van der Waals surface area contributed by atoms with Gasteiger partial charge in [-0.3, -0.25) is 14.8 Å². The quantitative estimate of drug-likeness (QED) is 0.630. The summed E-state index contributed by atoms with van der Waals surface area (Å²) >= 11 is 0. The SMILES string of the molecule is Cc1cnn(CC2CN(c3cc(C)c([N+](=O)[O-])cn3)CCO2)c1. The lowest BCUT2D eigenvalue weighted by Crippen LogP contribution is -2.44. The van der Waals surface area contributed by atoms with Crippen molar-refractivity contribution in [2.75, 3.05) is 24.6 Å². The van der Waals surface area contributed by atoms with E-state index in [-0.39, 0.29) is 11.8 Å². The van der Waals surface area contributed by atoms with Crippen LogP contribution in [-0.2, 0) is 11.3 Å². The van der Waals surface area contributed by atoms with Crippen LogP contribution in [0.3, 0.4) is 0 Å². The van der Waals surface area contributed by atoms with E-state index in [1.165, 1.54) is 6.20 Å². The van der Waals surface area contributed by atoms with E-state index in [4.69, 9.17) is 4.74 Å². The molecule has 8 nitrogen and oxygen atoms in total. The highest BCUT2D eigenvalue weighted by Gasteiger charge is 2.23. The molecule has 0 radical (unpaired) electrons. The maximum Gasteiger partial charge on any atom is 0.290 e. The van der Waals surface area contributed by atoms with E-state index >= 15 is 0 Å². The predicted octanol–water partition coefficient (Wildman–Crippen LogP) is 1.71. The third-order valence-corrected chi connectivity index (χ3v) is 3.88. The lowest BCUT2D eigenvalue weighted by molar-refractivity contribution is -0.385. The highest BCUT2D eigenvalue weighted by atomic mass is 16.6. The summed E-state index contributed by atoms with van der Waals surface area (Å²) in [6.45, 7) is 6.41. The zero-order chi connectivity index (χ0) is 16.4. The lowest BCUT2D eigenvalue weighted by atomic mass is 10.2. The van der Waals surface area contributed by atoms with E-state index in [0.717, 1.165) is 17.9 Å². The van der Waals surface area contributed by atoms with Crippen LogP contribution in [0.25, 0.3) is 0 Å². The Morgan fingerprint density at radius 1 is 1.43 bits per heavy atom. The van der Waals surface area contributed by atoms with Crippen LogP contribution in [-0.4, -0.2) is 45.5 Å². The Hall–Kier alpha value is -2.48. The molecular formula is C15H19N5O3. The molecule has 0 bridgehead atoms. The molecule has 3 heterocycles. The first kappa shape index (κ1) is 15.4. The first-order valence-electron chi connectivity index (χ1n) is 7.49. The fraction of sp³-hybridized carbons (Fsp3) is 0.467. The summed E-state index contributed by atoms with van der Waals surface area (Å²) in [7, 11) is 0. The number of ether oxygens (including phenoxy) is 1. The molecule has 8 heteroatoms. The van der Waals surface area contributed by atoms with Crippen molar-refractivity contribution in [2.24, 2.45) is 0 Å². The molecule has 3 rings (SSSR count). The molecule has 1 aliphatic heterocycles. The van der Waals surface area contributed by atoms with Crippen molar-refractivity contribution in [1.82, 2.24) is 14.8 Å². The van der Waals surface area contributed by atoms with E-state index in [0.29, 0.717) is 25.3 Å². The lowest BCUT2D eigenvalue weighted by Gasteiger charge is -2.33. The molecular weight excluding hydrogens is 298 g/mol. The fourth-order valence-electron chi connectivity index (χ4n) is 2.71. The van der Waals surface area contributed by atoms with Crippen molar-refractivity contribution in [2.45, 2.75) is 26.5 Å². The summed E-state index contributed by atoms with van der Waals surface area (Å²) in [6, 6.07) is 1.76. The van der Waals surface area contributed by atoms with Gasteiger partial charge in [0.2, 0.25) is 0 Å². The van der Waals surface area contributed by atoms with Gasteiger partial charge in [-0.2, -0.15) is 5.10 Å². The molecule has 1 unspecified atom stereocenters. The van der Waals surface area contributed by atoms with E-state index < -0.39 is 4.92 Å². The van der Waals surface area contributed by atoms with Gasteiger partial charge in [0, 0.05) is 24.8 Å². The highest BCUT2D eigenvalue weighted by molar-refractivity contribution is 5.48. The Morgan fingerprint density at radius 3 is 2.91 bits per heavy atom. The van der Waals surface area contributed by atoms with Gasteiger partial charge in [0.05, 0.1) is 30.4 Å². The number of nitro groups is 1. The van der Waals surface area contributed by atoms with Gasteiger partial charge >= 0.3 is 0 Å². The molecule has 122 valence electrons. The number of hydrogen-bond donors (Lipinski definition) is 0. The fourth-order valence-corrected chi connectivity index (χ4v) is 2.71. The number of anilines is 1. The third kappa shape index (κ3) is 3.48. The van der Waals surface area contributed by atoms with Crippen LogP contribution in [0, 0.1) is 24.0 Å². The standard InChI is InChI=1S/C15H19N5O3/c1-11-6-17-19(8-11)10-13-9-18(3-4-23-13)15-5-12(2)14(7-16-15)20(21)22/h5-8,13H,3-4,9-10H2,1-2H3. The number of aryl methyl sites for hydroxylation is 2. The van der Waals surface area contributed by atoms with Crippen LogP contribution in [0.1, 0.15) is 11.1 Å². The molecule has 23 heavy (non-hydrogen) atoms. The monoisotopic (exact) mass is 317 g/mol. The van der Waals surface area contributed by atoms with Crippen LogP contribution in [0.4, 0.5) is 11.5 Å². The smallest absolute Gasteiger partial charge is 0.290 e. The van der Waals surface area contributed by atoms with Crippen LogP contribution >= 0.6 is 0 Å². The molecule has 1 aliphatic rings. The number of rotatable bonds is 4. The summed E-state index contributed by atoms with van der Waals surface area (Å²) in [6.07, 6.45) is 5.14. The third-order valence-electron chi connectivity index (χ3n) is 3.88. The molecule has 2 aromatic rings. The summed E-state index contributed by atoms with van der Waals surface area (Å²) in [5, 5.41) is 15.2. The van der Waals surface area contributed by atoms with Crippen LogP contribution in [0.15, 0.2) is 24.7 Å². The Labute approximate surface area is 133 Å². The van der Waals surface area contributed by atoms with Gasteiger partial charge in [-0.25, -0.2) is 4.98 Å². The van der Waals surface area contributed by atoms with E-state index in [9.17, 15) is 10.1 Å². The molecule has 2 aromatic heterocycles. The van der Waals surface area contributed by atoms with E-state index in [1.54, 1.807) is 13.0 Å². The summed E-state index contributed by atoms with van der Waals surface area (Å²) in [4.78, 5) is 16.8. The van der Waals surface area contributed by atoms with Gasteiger partial charge in [0.1, 0.15) is 12.0 Å². The van der Waals surface area contributed by atoms with Crippen molar-refractivity contribution < 1.29 is 9.66 Å². The first-order chi connectivity index (χ1) is 11.0. The van der Waals surface area contributed by atoms with Gasteiger partial charge in [0.15, 0.2) is 0 Å². The first-order valence-corrected chi connectivity index (χ1v) is 7.49. The van der Waals surface area contributed by atoms with Crippen LogP contribution < -0.4 is 4.90 Å². The number of pyridine rings is 1.